The highest BCUT2D eigenvalue weighted by Crippen LogP contribution is 2.31. The number of nitrogens with one attached hydrogen (secondary N) is 1. The van der Waals surface area contributed by atoms with Gasteiger partial charge in [0.2, 0.25) is 0 Å². The number of anilines is 1. The first kappa shape index (κ1) is 18.7. The maximum Gasteiger partial charge on any atom is 0.416 e. The summed E-state index contributed by atoms with van der Waals surface area (Å²) >= 11 is 6.88. The van der Waals surface area contributed by atoms with Crippen molar-refractivity contribution in [3.05, 3.63) is 64.5 Å². The van der Waals surface area contributed by atoms with Crippen LogP contribution in [0.15, 0.2) is 58.8 Å². The Morgan fingerprint density at radius 2 is 1.62 bits per heavy atom. The SMILES string of the molecule is O=S(=O)(Nc1nc(-c2ccc(Cl)cc2)cs1)c1ccc(C(F)(F)F)cc1. The summed E-state index contributed by atoms with van der Waals surface area (Å²) in [5.74, 6) is 0. The van der Waals surface area contributed by atoms with Gasteiger partial charge in [0.25, 0.3) is 10.0 Å². The molecule has 0 aliphatic heterocycles. The summed E-state index contributed by atoms with van der Waals surface area (Å²) < 4.78 is 64.6. The van der Waals surface area contributed by atoms with Gasteiger partial charge >= 0.3 is 6.18 Å². The van der Waals surface area contributed by atoms with Crippen molar-refractivity contribution >= 4 is 38.1 Å². The maximum atomic E-state index is 12.6. The molecule has 0 atom stereocenters. The van der Waals surface area contributed by atoms with E-state index in [2.05, 4.69) is 9.71 Å². The van der Waals surface area contributed by atoms with Gasteiger partial charge in [-0.05, 0) is 36.4 Å². The van der Waals surface area contributed by atoms with E-state index in [0.29, 0.717) is 10.7 Å². The van der Waals surface area contributed by atoms with E-state index in [-0.39, 0.29) is 10.0 Å². The van der Waals surface area contributed by atoms with Crippen molar-refractivity contribution in [2.75, 3.05) is 4.72 Å². The molecule has 0 saturated heterocycles. The highest BCUT2D eigenvalue weighted by atomic mass is 35.5. The van der Waals surface area contributed by atoms with Gasteiger partial charge in [0, 0.05) is 16.0 Å². The highest BCUT2D eigenvalue weighted by Gasteiger charge is 2.30. The van der Waals surface area contributed by atoms with Crippen LogP contribution in [0.25, 0.3) is 11.3 Å². The Balaban J connectivity index is 1.81. The molecule has 136 valence electrons. The second-order valence-electron chi connectivity index (χ2n) is 5.17. The number of sulfonamides is 1. The monoisotopic (exact) mass is 418 g/mol. The average molecular weight is 419 g/mol. The smallest absolute Gasteiger partial charge is 0.255 e. The van der Waals surface area contributed by atoms with Crippen LogP contribution in [-0.4, -0.2) is 13.4 Å². The Hall–Kier alpha value is -2.10. The van der Waals surface area contributed by atoms with E-state index in [4.69, 9.17) is 11.6 Å². The number of nitrogens with zero attached hydrogens (tertiary/aromatic N) is 1. The molecule has 0 unspecified atom stereocenters. The highest BCUT2D eigenvalue weighted by molar-refractivity contribution is 7.93. The third-order valence-corrected chi connectivity index (χ3v) is 5.85. The van der Waals surface area contributed by atoms with Gasteiger partial charge in [-0.25, -0.2) is 13.4 Å². The number of halogens is 4. The molecule has 2 aromatic carbocycles. The molecule has 0 aliphatic carbocycles. The second kappa shape index (κ2) is 6.90. The zero-order chi connectivity index (χ0) is 18.9. The first-order valence-corrected chi connectivity index (χ1v) is 9.81. The molecule has 0 radical (unpaired) electrons. The molecule has 0 spiro atoms. The van der Waals surface area contributed by atoms with Crippen LogP contribution in [0.2, 0.25) is 5.02 Å². The number of aromatic nitrogens is 1. The third-order valence-electron chi connectivity index (χ3n) is 3.36. The molecule has 1 heterocycles. The minimum absolute atomic E-state index is 0.106. The van der Waals surface area contributed by atoms with Gasteiger partial charge in [-0.2, -0.15) is 13.2 Å². The van der Waals surface area contributed by atoms with Crippen LogP contribution >= 0.6 is 22.9 Å². The second-order valence-corrected chi connectivity index (χ2v) is 8.15. The normalized spacial score (nSPS) is 12.2. The van der Waals surface area contributed by atoms with Crippen molar-refractivity contribution in [1.29, 1.82) is 0 Å². The van der Waals surface area contributed by atoms with Gasteiger partial charge in [-0.1, -0.05) is 23.7 Å². The first-order chi connectivity index (χ1) is 12.1. The van der Waals surface area contributed by atoms with Crippen molar-refractivity contribution in [1.82, 2.24) is 4.98 Å². The van der Waals surface area contributed by atoms with E-state index in [0.717, 1.165) is 41.2 Å². The molecule has 0 bridgehead atoms. The van der Waals surface area contributed by atoms with Crippen molar-refractivity contribution in [3.63, 3.8) is 0 Å². The third kappa shape index (κ3) is 4.17. The van der Waals surface area contributed by atoms with Crippen molar-refractivity contribution in [3.8, 4) is 11.3 Å². The Morgan fingerprint density at radius 1 is 1.00 bits per heavy atom. The minimum Gasteiger partial charge on any atom is -0.255 e. The molecule has 10 heteroatoms. The van der Waals surface area contributed by atoms with Gasteiger partial charge in [-0.15, -0.1) is 11.3 Å². The largest absolute Gasteiger partial charge is 0.416 e. The predicted molar refractivity (Wildman–Crippen MR) is 94.8 cm³/mol. The molecule has 1 N–H and O–H groups in total. The molecule has 0 fully saturated rings. The van der Waals surface area contributed by atoms with Gasteiger partial charge in [-0.3, -0.25) is 4.72 Å². The van der Waals surface area contributed by atoms with E-state index in [1.54, 1.807) is 29.6 Å². The Labute approximate surface area is 156 Å². The Kier molecular flexibility index (Phi) is 4.96. The standard InChI is InChI=1S/C16H10ClF3N2O2S2/c17-12-5-1-10(2-6-12)14-9-25-15(21-14)22-26(23,24)13-7-3-11(4-8-13)16(18,19)20/h1-9H,(H,21,22). The van der Waals surface area contributed by atoms with E-state index in [9.17, 15) is 21.6 Å². The van der Waals surface area contributed by atoms with Crippen LogP contribution in [0.4, 0.5) is 18.3 Å². The lowest BCUT2D eigenvalue weighted by atomic mass is 10.2. The van der Waals surface area contributed by atoms with Crippen LogP contribution in [0.1, 0.15) is 5.56 Å². The zero-order valence-corrected chi connectivity index (χ0v) is 15.2. The van der Waals surface area contributed by atoms with Crippen molar-refractivity contribution in [2.24, 2.45) is 0 Å². The Bertz CT molecular complexity index is 1010. The summed E-state index contributed by atoms with van der Waals surface area (Å²) in [7, 11) is -4.04. The molecule has 3 rings (SSSR count). The molecular weight excluding hydrogens is 409 g/mol. The minimum atomic E-state index is -4.53. The lowest BCUT2D eigenvalue weighted by Gasteiger charge is -2.08. The number of hydrogen-bond acceptors (Lipinski definition) is 4. The lowest BCUT2D eigenvalue weighted by molar-refractivity contribution is -0.137. The van der Waals surface area contributed by atoms with E-state index in [1.807, 2.05) is 0 Å². The van der Waals surface area contributed by atoms with Crippen LogP contribution in [0, 0.1) is 0 Å². The Morgan fingerprint density at radius 3 is 2.19 bits per heavy atom. The number of thiazole rings is 1. The molecule has 4 nitrogen and oxygen atoms in total. The van der Waals surface area contributed by atoms with Crippen LogP contribution < -0.4 is 4.72 Å². The number of hydrogen-bond donors (Lipinski definition) is 1. The van der Waals surface area contributed by atoms with E-state index >= 15 is 0 Å². The number of alkyl halides is 3. The molecular formula is C16H10ClF3N2O2S2. The van der Waals surface area contributed by atoms with Crippen LogP contribution in [-0.2, 0) is 16.2 Å². The van der Waals surface area contributed by atoms with Crippen LogP contribution in [0.5, 0.6) is 0 Å². The van der Waals surface area contributed by atoms with Gasteiger partial charge in [0.15, 0.2) is 5.13 Å². The molecule has 0 amide bonds. The number of benzene rings is 2. The fourth-order valence-corrected chi connectivity index (χ4v) is 4.17. The molecule has 1 aromatic heterocycles. The quantitative estimate of drug-likeness (QED) is 0.626. The molecule has 0 saturated carbocycles. The summed E-state index contributed by atoms with van der Waals surface area (Å²) in [6, 6.07) is 10.1. The molecule has 0 aliphatic rings. The van der Waals surface area contributed by atoms with E-state index in [1.165, 1.54) is 0 Å². The predicted octanol–water partition coefficient (Wildman–Crippen LogP) is 5.28. The number of rotatable bonds is 4. The summed E-state index contributed by atoms with van der Waals surface area (Å²) in [5.41, 5.74) is 0.387. The zero-order valence-electron chi connectivity index (χ0n) is 12.8. The summed E-state index contributed by atoms with van der Waals surface area (Å²) in [4.78, 5) is 3.90. The summed E-state index contributed by atoms with van der Waals surface area (Å²) in [6.07, 6.45) is -4.53. The van der Waals surface area contributed by atoms with Gasteiger partial charge < -0.3 is 0 Å². The summed E-state index contributed by atoms with van der Waals surface area (Å²) in [5, 5.41) is 2.33. The fourth-order valence-electron chi connectivity index (χ4n) is 2.07. The maximum absolute atomic E-state index is 12.6. The first-order valence-electron chi connectivity index (χ1n) is 7.07. The van der Waals surface area contributed by atoms with Gasteiger partial charge in [0.05, 0.1) is 16.2 Å². The van der Waals surface area contributed by atoms with E-state index < -0.39 is 21.8 Å². The fraction of sp³-hybridized carbons (Fsp3) is 0.0625. The molecule has 3 aromatic rings. The average Bonchev–Trinajstić information content (AvgIpc) is 3.02. The van der Waals surface area contributed by atoms with Gasteiger partial charge in [0.1, 0.15) is 0 Å². The van der Waals surface area contributed by atoms with Crippen molar-refractivity contribution < 1.29 is 21.6 Å². The summed E-state index contributed by atoms with van der Waals surface area (Å²) in [6.45, 7) is 0. The van der Waals surface area contributed by atoms with Crippen molar-refractivity contribution in [2.45, 2.75) is 11.1 Å². The topological polar surface area (TPSA) is 59.1 Å². The van der Waals surface area contributed by atoms with Crippen LogP contribution in [0.3, 0.4) is 0 Å². The molecule has 26 heavy (non-hydrogen) atoms. The lowest BCUT2D eigenvalue weighted by Crippen LogP contribution is -2.13.